The Bertz CT molecular complexity index is 1050. The second-order valence-electron chi connectivity index (χ2n) is 8.08. The van der Waals surface area contributed by atoms with E-state index in [1.54, 1.807) is 0 Å². The normalized spacial score (nSPS) is 15.6. The first-order valence-electron chi connectivity index (χ1n) is 10.5. The number of piperidine rings is 1. The number of amides is 1. The lowest BCUT2D eigenvalue weighted by molar-refractivity contribution is 0.0947. The minimum atomic E-state index is -3.66. The van der Waals surface area contributed by atoms with Crippen molar-refractivity contribution in [3.63, 3.8) is 0 Å². The summed E-state index contributed by atoms with van der Waals surface area (Å²) in [7, 11) is -3.66. The molecule has 8 heteroatoms. The van der Waals surface area contributed by atoms with Gasteiger partial charge in [-0.2, -0.15) is 4.31 Å². The zero-order chi connectivity index (χ0) is 22.6. The van der Waals surface area contributed by atoms with E-state index < -0.39 is 15.9 Å². The Morgan fingerprint density at radius 3 is 2.52 bits per heavy atom. The Balaban J connectivity index is 1.62. The molecule has 0 aromatic heterocycles. The monoisotopic (exact) mass is 464 g/mol. The first kappa shape index (κ1) is 23.6. The molecule has 1 N–H and O–H groups in total. The number of carbonyl (C=O) groups excluding carboxylic acids is 1. The second kappa shape index (κ2) is 10.0. The van der Waals surface area contributed by atoms with Gasteiger partial charge in [-0.1, -0.05) is 24.6 Å². The van der Waals surface area contributed by atoms with Gasteiger partial charge < -0.3 is 10.1 Å². The fraction of sp³-hybridized carbons (Fsp3) is 0.435. The number of nitrogens with zero attached hydrogens (tertiary/aromatic N) is 1. The van der Waals surface area contributed by atoms with Gasteiger partial charge >= 0.3 is 0 Å². The molecule has 2 aromatic carbocycles. The van der Waals surface area contributed by atoms with Crippen LogP contribution in [0.1, 0.15) is 41.3 Å². The second-order valence-corrected chi connectivity index (χ2v) is 10.4. The third kappa shape index (κ3) is 5.79. The Morgan fingerprint density at radius 2 is 1.84 bits per heavy atom. The molecule has 1 aliphatic rings. The number of aryl methyl sites for hydroxylation is 2. The molecule has 0 radical (unpaired) electrons. The van der Waals surface area contributed by atoms with E-state index in [-0.39, 0.29) is 28.6 Å². The van der Waals surface area contributed by atoms with Gasteiger partial charge in [0.15, 0.2) is 0 Å². The number of nitrogens with one attached hydrogen (secondary N) is 1. The summed E-state index contributed by atoms with van der Waals surface area (Å²) in [5, 5.41) is 2.95. The van der Waals surface area contributed by atoms with Crippen LogP contribution in [0.4, 0.5) is 0 Å². The summed E-state index contributed by atoms with van der Waals surface area (Å²) >= 11 is 6.19. The molecule has 3 rings (SSSR count). The summed E-state index contributed by atoms with van der Waals surface area (Å²) in [6.07, 6.45) is 1.67. The van der Waals surface area contributed by atoms with Gasteiger partial charge in [0.05, 0.1) is 22.0 Å². The van der Waals surface area contributed by atoms with E-state index >= 15 is 0 Å². The predicted molar refractivity (Wildman–Crippen MR) is 122 cm³/mol. The Kier molecular flexibility index (Phi) is 7.62. The SMILES string of the molecule is Cc1ccc(OCCNC(=O)c2cc(S(=O)(=O)N3CCC(C)CC3)ccc2Cl)cc1C. The van der Waals surface area contributed by atoms with Gasteiger partial charge in [0, 0.05) is 13.1 Å². The van der Waals surface area contributed by atoms with Crippen LogP contribution >= 0.6 is 11.6 Å². The van der Waals surface area contributed by atoms with Gasteiger partial charge in [-0.25, -0.2) is 8.42 Å². The standard InChI is InChI=1S/C23H29ClN2O4S/c1-16-8-11-26(12-9-16)31(28,29)20-6-7-22(24)21(15-20)23(27)25-10-13-30-19-5-4-17(2)18(3)14-19/h4-7,14-16H,8-13H2,1-3H3,(H,25,27). The number of sulfonamides is 1. The van der Waals surface area contributed by atoms with Crippen molar-refractivity contribution in [3.8, 4) is 5.75 Å². The van der Waals surface area contributed by atoms with Crippen LogP contribution < -0.4 is 10.1 Å². The van der Waals surface area contributed by atoms with Gasteiger partial charge in [-0.05, 0) is 74.1 Å². The van der Waals surface area contributed by atoms with Crippen molar-refractivity contribution in [2.24, 2.45) is 5.92 Å². The van der Waals surface area contributed by atoms with Crippen molar-refractivity contribution >= 4 is 27.5 Å². The highest BCUT2D eigenvalue weighted by Gasteiger charge is 2.29. The maximum atomic E-state index is 13.0. The maximum absolute atomic E-state index is 13.0. The van der Waals surface area contributed by atoms with Crippen molar-refractivity contribution in [1.82, 2.24) is 9.62 Å². The molecular weight excluding hydrogens is 436 g/mol. The lowest BCUT2D eigenvalue weighted by Crippen LogP contribution is -2.38. The van der Waals surface area contributed by atoms with Crippen LogP contribution in [0, 0.1) is 19.8 Å². The summed E-state index contributed by atoms with van der Waals surface area (Å²) < 4.78 is 33.1. The van der Waals surface area contributed by atoms with Crippen molar-refractivity contribution in [3.05, 3.63) is 58.1 Å². The Labute approximate surface area is 189 Å². The molecule has 0 atom stereocenters. The van der Waals surface area contributed by atoms with Gasteiger partial charge in [-0.3, -0.25) is 4.79 Å². The number of halogens is 1. The molecule has 168 valence electrons. The van der Waals surface area contributed by atoms with Gasteiger partial charge in [0.25, 0.3) is 5.91 Å². The molecule has 1 fully saturated rings. The first-order chi connectivity index (χ1) is 14.7. The summed E-state index contributed by atoms with van der Waals surface area (Å²) in [5.74, 6) is 0.821. The minimum Gasteiger partial charge on any atom is -0.492 e. The van der Waals surface area contributed by atoms with E-state index in [0.29, 0.717) is 19.0 Å². The minimum absolute atomic E-state index is 0.0861. The highest BCUT2D eigenvalue weighted by Crippen LogP contribution is 2.26. The third-order valence-electron chi connectivity index (χ3n) is 5.70. The number of rotatable bonds is 7. The highest BCUT2D eigenvalue weighted by atomic mass is 35.5. The smallest absolute Gasteiger partial charge is 0.252 e. The molecule has 0 spiro atoms. The summed E-state index contributed by atoms with van der Waals surface area (Å²) in [6, 6.07) is 10.1. The van der Waals surface area contributed by atoms with Gasteiger partial charge in [0.2, 0.25) is 10.0 Å². The van der Waals surface area contributed by atoms with Crippen molar-refractivity contribution in [1.29, 1.82) is 0 Å². The van der Waals surface area contributed by atoms with Crippen molar-refractivity contribution in [2.45, 2.75) is 38.5 Å². The zero-order valence-electron chi connectivity index (χ0n) is 18.2. The fourth-order valence-electron chi connectivity index (χ4n) is 3.45. The van der Waals surface area contributed by atoms with Gasteiger partial charge in [0.1, 0.15) is 12.4 Å². The van der Waals surface area contributed by atoms with Crippen LogP contribution in [-0.2, 0) is 10.0 Å². The largest absolute Gasteiger partial charge is 0.492 e. The van der Waals surface area contributed by atoms with E-state index in [1.807, 2.05) is 32.0 Å². The molecule has 1 aliphatic heterocycles. The molecule has 0 aliphatic carbocycles. The predicted octanol–water partition coefficient (Wildman–Crippen LogP) is 4.19. The molecule has 0 saturated carbocycles. The summed E-state index contributed by atoms with van der Waals surface area (Å²) in [5.41, 5.74) is 2.46. The Hall–Kier alpha value is -2.09. The number of hydrogen-bond donors (Lipinski definition) is 1. The topological polar surface area (TPSA) is 75.7 Å². The van der Waals surface area contributed by atoms with E-state index in [2.05, 4.69) is 12.2 Å². The molecular formula is C23H29ClN2O4S. The lowest BCUT2D eigenvalue weighted by atomic mass is 10.0. The molecule has 0 bridgehead atoms. The number of ether oxygens (including phenoxy) is 1. The first-order valence-corrected chi connectivity index (χ1v) is 12.3. The third-order valence-corrected chi connectivity index (χ3v) is 7.92. The van der Waals surface area contributed by atoms with Crippen LogP contribution in [0.5, 0.6) is 5.75 Å². The molecule has 1 heterocycles. The van der Waals surface area contributed by atoms with Crippen molar-refractivity contribution in [2.75, 3.05) is 26.2 Å². The number of carbonyl (C=O) groups is 1. The molecule has 31 heavy (non-hydrogen) atoms. The molecule has 2 aromatic rings. The summed E-state index contributed by atoms with van der Waals surface area (Å²) in [4.78, 5) is 12.7. The fourth-order valence-corrected chi connectivity index (χ4v) is 5.15. The van der Waals surface area contributed by atoms with E-state index in [9.17, 15) is 13.2 Å². The zero-order valence-corrected chi connectivity index (χ0v) is 19.7. The average Bonchev–Trinajstić information content (AvgIpc) is 2.74. The van der Waals surface area contributed by atoms with E-state index in [0.717, 1.165) is 24.2 Å². The van der Waals surface area contributed by atoms with Gasteiger partial charge in [-0.15, -0.1) is 0 Å². The quantitative estimate of drug-likeness (QED) is 0.623. The van der Waals surface area contributed by atoms with Crippen LogP contribution in [0.15, 0.2) is 41.3 Å². The van der Waals surface area contributed by atoms with E-state index in [1.165, 1.54) is 28.1 Å². The van der Waals surface area contributed by atoms with Crippen molar-refractivity contribution < 1.29 is 17.9 Å². The molecule has 6 nitrogen and oxygen atoms in total. The Morgan fingerprint density at radius 1 is 1.13 bits per heavy atom. The number of benzene rings is 2. The number of hydrogen-bond acceptors (Lipinski definition) is 4. The van der Waals surface area contributed by atoms with Crippen LogP contribution in [-0.4, -0.2) is 44.9 Å². The lowest BCUT2D eigenvalue weighted by Gasteiger charge is -2.29. The van der Waals surface area contributed by atoms with Crippen LogP contribution in [0.3, 0.4) is 0 Å². The summed E-state index contributed by atoms with van der Waals surface area (Å²) in [6.45, 7) is 7.70. The van der Waals surface area contributed by atoms with E-state index in [4.69, 9.17) is 16.3 Å². The molecule has 0 unspecified atom stereocenters. The van der Waals surface area contributed by atoms with Crippen LogP contribution in [0.2, 0.25) is 5.02 Å². The maximum Gasteiger partial charge on any atom is 0.252 e. The highest BCUT2D eigenvalue weighted by molar-refractivity contribution is 7.89. The average molecular weight is 465 g/mol. The van der Waals surface area contributed by atoms with Crippen LogP contribution in [0.25, 0.3) is 0 Å². The molecule has 1 saturated heterocycles. The molecule has 1 amide bonds.